The summed E-state index contributed by atoms with van der Waals surface area (Å²) in [4.78, 5) is 0. The van der Waals surface area contributed by atoms with Crippen molar-refractivity contribution in [2.45, 2.75) is 0 Å². The summed E-state index contributed by atoms with van der Waals surface area (Å²) in [6, 6.07) is 18.5. The van der Waals surface area contributed by atoms with Crippen LogP contribution < -0.4 is 11.5 Å². The Morgan fingerprint density at radius 2 is 1.21 bits per heavy atom. The Kier molecular flexibility index (Phi) is 7.04. The third kappa shape index (κ3) is 5.45. The van der Waals surface area contributed by atoms with Crippen molar-refractivity contribution in [1.82, 2.24) is 0 Å². The zero-order valence-corrected chi connectivity index (χ0v) is 16.9. The van der Waals surface area contributed by atoms with Gasteiger partial charge in [-0.05, 0) is 70.6 Å². The largest absolute Gasteiger partial charge is 0.399 e. The summed E-state index contributed by atoms with van der Waals surface area (Å²) in [6.07, 6.45) is 0. The van der Waals surface area contributed by atoms with Crippen LogP contribution in [0.3, 0.4) is 0 Å². The molecule has 0 heterocycles. The van der Waals surface area contributed by atoms with Gasteiger partial charge in [-0.2, -0.15) is 0 Å². The maximum atomic E-state index is 6.09. The van der Waals surface area contributed by atoms with Crippen LogP contribution in [0, 0.1) is 3.57 Å². The highest BCUT2D eigenvalue weighted by Crippen LogP contribution is 2.30. The van der Waals surface area contributed by atoms with Crippen LogP contribution in [0.5, 0.6) is 0 Å². The number of hydrogen-bond acceptors (Lipinski definition) is 2. The average molecular weight is 492 g/mol. The minimum absolute atomic E-state index is 0.650. The molecule has 0 bridgehead atoms. The fourth-order valence-corrected chi connectivity index (χ4v) is 2.86. The van der Waals surface area contributed by atoms with Crippen molar-refractivity contribution < 1.29 is 0 Å². The van der Waals surface area contributed by atoms with Crippen molar-refractivity contribution in [3.63, 3.8) is 0 Å². The van der Waals surface area contributed by atoms with Gasteiger partial charge in [0.15, 0.2) is 0 Å². The zero-order chi connectivity index (χ0) is 17.7. The lowest BCUT2D eigenvalue weighted by Gasteiger charge is -2.05. The van der Waals surface area contributed by atoms with E-state index in [9.17, 15) is 0 Å². The highest BCUT2D eigenvalue weighted by atomic mass is 127. The van der Waals surface area contributed by atoms with Gasteiger partial charge in [0.2, 0.25) is 0 Å². The van der Waals surface area contributed by atoms with Crippen LogP contribution in [-0.2, 0) is 0 Å². The maximum Gasteiger partial charge on any atom is 0.0559 e. The van der Waals surface area contributed by atoms with E-state index in [1.165, 1.54) is 0 Å². The number of nitrogens with two attached hydrogens (primary N) is 2. The summed E-state index contributed by atoms with van der Waals surface area (Å²) in [5.41, 5.74) is 14.4. The molecule has 0 radical (unpaired) electrons. The first-order chi connectivity index (χ1) is 11.4. The van der Waals surface area contributed by atoms with Crippen LogP contribution in [0.1, 0.15) is 0 Å². The molecule has 0 aromatic heterocycles. The van der Waals surface area contributed by atoms with Gasteiger partial charge in [0.05, 0.1) is 10.0 Å². The molecule has 0 aliphatic rings. The topological polar surface area (TPSA) is 52.0 Å². The van der Waals surface area contributed by atoms with E-state index in [0.717, 1.165) is 19.7 Å². The summed E-state index contributed by atoms with van der Waals surface area (Å²) in [6.45, 7) is 0. The fraction of sp³-hybridized carbons (Fsp3) is 0. The van der Waals surface area contributed by atoms with E-state index >= 15 is 0 Å². The Morgan fingerprint density at radius 3 is 1.71 bits per heavy atom. The highest BCUT2D eigenvalue weighted by Gasteiger charge is 2.03. The van der Waals surface area contributed by atoms with Crippen LogP contribution in [0.2, 0.25) is 15.1 Å². The summed E-state index contributed by atoms with van der Waals surface area (Å²) in [5.74, 6) is 0. The minimum atomic E-state index is 0.650. The lowest BCUT2D eigenvalue weighted by atomic mass is 10.1. The van der Waals surface area contributed by atoms with Crippen molar-refractivity contribution in [1.29, 1.82) is 0 Å². The van der Waals surface area contributed by atoms with Crippen LogP contribution >= 0.6 is 57.4 Å². The van der Waals surface area contributed by atoms with Gasteiger partial charge in [0.1, 0.15) is 0 Å². The molecule has 0 atom stereocenters. The lowest BCUT2D eigenvalue weighted by Crippen LogP contribution is -1.85. The minimum Gasteiger partial charge on any atom is -0.399 e. The smallest absolute Gasteiger partial charge is 0.0559 e. The van der Waals surface area contributed by atoms with Crippen molar-refractivity contribution in [3.8, 4) is 11.1 Å². The van der Waals surface area contributed by atoms with E-state index in [-0.39, 0.29) is 0 Å². The molecular weight excluding hydrogens is 477 g/mol. The van der Waals surface area contributed by atoms with Gasteiger partial charge in [-0.15, -0.1) is 0 Å². The number of nitrogen functional groups attached to an aromatic ring is 2. The highest BCUT2D eigenvalue weighted by molar-refractivity contribution is 14.1. The third-order valence-corrected chi connectivity index (χ3v) is 5.23. The molecule has 3 aromatic rings. The summed E-state index contributed by atoms with van der Waals surface area (Å²) in [5, 5.41) is 2.08. The molecule has 3 rings (SSSR count). The van der Waals surface area contributed by atoms with E-state index < -0.39 is 0 Å². The van der Waals surface area contributed by atoms with E-state index in [4.69, 9.17) is 46.3 Å². The van der Waals surface area contributed by atoms with Gasteiger partial charge in [-0.1, -0.05) is 53.0 Å². The first-order valence-electron chi connectivity index (χ1n) is 6.88. The van der Waals surface area contributed by atoms with E-state index in [1.807, 2.05) is 48.5 Å². The Bertz CT molecular complexity index is 836. The van der Waals surface area contributed by atoms with Gasteiger partial charge in [0.25, 0.3) is 0 Å². The second-order valence-electron chi connectivity index (χ2n) is 4.92. The molecule has 0 spiro atoms. The molecule has 0 saturated heterocycles. The number of anilines is 2. The van der Waals surface area contributed by atoms with E-state index in [1.54, 1.807) is 12.1 Å². The molecule has 0 saturated carbocycles. The van der Waals surface area contributed by atoms with Gasteiger partial charge >= 0.3 is 0 Å². The molecule has 0 aliphatic carbocycles. The van der Waals surface area contributed by atoms with Crippen molar-refractivity contribution in [2.24, 2.45) is 0 Å². The second-order valence-corrected chi connectivity index (χ2v) is 7.33. The van der Waals surface area contributed by atoms with Gasteiger partial charge in [-0.25, -0.2) is 0 Å². The molecule has 6 heteroatoms. The molecule has 0 unspecified atom stereocenters. The summed E-state index contributed by atoms with van der Waals surface area (Å²) in [7, 11) is 0. The third-order valence-electron chi connectivity index (χ3n) is 3.09. The van der Waals surface area contributed by atoms with Gasteiger partial charge in [-0.3, -0.25) is 0 Å². The van der Waals surface area contributed by atoms with Crippen LogP contribution in [0.25, 0.3) is 11.1 Å². The number of halogens is 4. The van der Waals surface area contributed by atoms with Gasteiger partial charge < -0.3 is 11.5 Å². The monoisotopic (exact) mass is 490 g/mol. The standard InChI is InChI=1S/C12H9Cl2N.C6H5ClIN/c13-9-3-1-8(2-4-9)11-6-5-10(15)7-12(11)14;7-5-3-4(9)1-2-6(5)8/h1-7H,15H2;1-3H,9H2. The van der Waals surface area contributed by atoms with Crippen molar-refractivity contribution in [3.05, 3.63) is 79.3 Å². The van der Waals surface area contributed by atoms with Crippen LogP contribution in [0.15, 0.2) is 60.7 Å². The Balaban J connectivity index is 0.000000198. The molecule has 0 fully saturated rings. The molecular formula is C18H14Cl3IN2. The predicted octanol–water partition coefficient (Wildman–Crippen LogP) is 6.77. The molecule has 0 aliphatic heterocycles. The molecule has 0 amide bonds. The van der Waals surface area contributed by atoms with Crippen LogP contribution in [0.4, 0.5) is 11.4 Å². The molecule has 2 nitrogen and oxygen atoms in total. The number of hydrogen-bond donors (Lipinski definition) is 2. The first kappa shape index (κ1) is 19.2. The molecule has 3 aromatic carbocycles. The number of benzene rings is 3. The normalized spacial score (nSPS) is 10.0. The number of rotatable bonds is 1. The maximum absolute atomic E-state index is 6.09. The fourth-order valence-electron chi connectivity index (χ4n) is 1.91. The van der Waals surface area contributed by atoms with Crippen molar-refractivity contribution in [2.75, 3.05) is 11.5 Å². The SMILES string of the molecule is Nc1ccc(-c2ccc(Cl)cc2)c(Cl)c1.Nc1ccc(I)c(Cl)c1. The van der Waals surface area contributed by atoms with Gasteiger partial charge in [0, 0.05) is 25.5 Å². The first-order valence-corrected chi connectivity index (χ1v) is 9.09. The molecule has 124 valence electrons. The molecule has 4 N–H and O–H groups in total. The summed E-state index contributed by atoms with van der Waals surface area (Å²) < 4.78 is 1.03. The van der Waals surface area contributed by atoms with E-state index in [2.05, 4.69) is 22.6 Å². The average Bonchev–Trinajstić information content (AvgIpc) is 2.53. The Labute approximate surface area is 169 Å². The predicted molar refractivity (Wildman–Crippen MR) is 115 cm³/mol. The van der Waals surface area contributed by atoms with E-state index in [0.29, 0.717) is 21.4 Å². The van der Waals surface area contributed by atoms with Crippen molar-refractivity contribution >= 4 is 68.8 Å². The molecule has 24 heavy (non-hydrogen) atoms. The second kappa shape index (κ2) is 8.81. The zero-order valence-electron chi connectivity index (χ0n) is 12.4. The van der Waals surface area contributed by atoms with Crippen LogP contribution in [-0.4, -0.2) is 0 Å². The quantitative estimate of drug-likeness (QED) is 0.292. The lowest BCUT2D eigenvalue weighted by molar-refractivity contribution is 1.61. The summed E-state index contributed by atoms with van der Waals surface area (Å²) >= 11 is 19.8. The Morgan fingerprint density at radius 1 is 0.667 bits per heavy atom. The Hall–Kier alpha value is -1.14.